The quantitative estimate of drug-likeness (QED) is 0.839. The Morgan fingerprint density at radius 1 is 1.15 bits per heavy atom. The van der Waals surface area contributed by atoms with Crippen molar-refractivity contribution in [2.75, 3.05) is 32.4 Å². The van der Waals surface area contributed by atoms with Crippen LogP contribution in [-0.4, -0.2) is 57.0 Å². The Balaban J connectivity index is 1.92. The van der Waals surface area contributed by atoms with Crippen molar-refractivity contribution in [1.29, 1.82) is 0 Å². The Kier molecular flexibility index (Phi) is 5.87. The minimum Gasteiger partial charge on any atom is -0.317 e. The van der Waals surface area contributed by atoms with Crippen molar-refractivity contribution in [1.82, 2.24) is 10.2 Å². The van der Waals surface area contributed by atoms with E-state index in [9.17, 15) is 8.42 Å². The summed E-state index contributed by atoms with van der Waals surface area (Å²) in [5.41, 5.74) is 0. The molecule has 5 heteroatoms. The van der Waals surface area contributed by atoms with Crippen LogP contribution in [0.4, 0.5) is 0 Å². The highest BCUT2D eigenvalue weighted by Crippen LogP contribution is 2.28. The Hall–Kier alpha value is -0.130. The Morgan fingerprint density at radius 2 is 1.85 bits per heavy atom. The van der Waals surface area contributed by atoms with Crippen LogP contribution < -0.4 is 5.32 Å². The number of hydrogen-bond donors (Lipinski definition) is 1. The molecule has 0 radical (unpaired) electrons. The number of rotatable bonds is 5. The van der Waals surface area contributed by atoms with E-state index < -0.39 is 9.84 Å². The fraction of sp³-hybridized carbons (Fsp3) is 1.00. The number of hydrogen-bond acceptors (Lipinski definition) is 4. The van der Waals surface area contributed by atoms with Crippen LogP contribution >= 0.6 is 0 Å². The van der Waals surface area contributed by atoms with Crippen LogP contribution in [0.5, 0.6) is 0 Å². The lowest BCUT2D eigenvalue weighted by Gasteiger charge is -2.39. The highest BCUT2D eigenvalue weighted by molar-refractivity contribution is 7.91. The first-order valence-electron chi connectivity index (χ1n) is 8.14. The van der Waals surface area contributed by atoms with E-state index in [4.69, 9.17) is 0 Å². The summed E-state index contributed by atoms with van der Waals surface area (Å²) in [6.07, 6.45) is 7.87. The summed E-state index contributed by atoms with van der Waals surface area (Å²) in [6, 6.07) is 0.475. The molecule has 1 saturated carbocycles. The smallest absolute Gasteiger partial charge is 0.150 e. The zero-order chi connectivity index (χ0) is 14.6. The maximum absolute atomic E-state index is 11.8. The maximum atomic E-state index is 11.8. The highest BCUT2D eigenvalue weighted by atomic mass is 32.2. The van der Waals surface area contributed by atoms with E-state index in [-0.39, 0.29) is 5.25 Å². The van der Waals surface area contributed by atoms with Gasteiger partial charge in [0.1, 0.15) is 9.84 Å². The van der Waals surface area contributed by atoms with Gasteiger partial charge in [0.25, 0.3) is 0 Å². The second kappa shape index (κ2) is 7.23. The van der Waals surface area contributed by atoms with Gasteiger partial charge in [-0.15, -0.1) is 0 Å². The number of sulfone groups is 1. The molecule has 1 N–H and O–H groups in total. The molecule has 0 aromatic carbocycles. The van der Waals surface area contributed by atoms with Crippen molar-refractivity contribution in [3.8, 4) is 0 Å². The summed E-state index contributed by atoms with van der Waals surface area (Å²) < 4.78 is 23.6. The average Bonchev–Trinajstić information content (AvgIpc) is 2.45. The van der Waals surface area contributed by atoms with Crippen LogP contribution in [-0.2, 0) is 9.84 Å². The van der Waals surface area contributed by atoms with Crippen molar-refractivity contribution >= 4 is 9.84 Å². The standard InChI is InChI=1S/C15H30N2O2S/c1-3-17(12-13-7-9-16-10-8-13)14-5-4-6-15(11-14)20(2,18)19/h13-16H,3-12H2,1-2H3. The summed E-state index contributed by atoms with van der Waals surface area (Å²) in [5.74, 6) is 0.787. The molecule has 1 aliphatic heterocycles. The van der Waals surface area contributed by atoms with Crippen LogP contribution in [0.1, 0.15) is 45.4 Å². The van der Waals surface area contributed by atoms with Gasteiger partial charge in [-0.3, -0.25) is 0 Å². The zero-order valence-electron chi connectivity index (χ0n) is 13.0. The summed E-state index contributed by atoms with van der Waals surface area (Å²) in [6.45, 7) is 6.69. The summed E-state index contributed by atoms with van der Waals surface area (Å²) in [5, 5.41) is 3.31. The molecule has 2 fully saturated rings. The molecule has 2 rings (SSSR count). The van der Waals surface area contributed by atoms with Gasteiger partial charge in [0.05, 0.1) is 5.25 Å². The number of piperidine rings is 1. The number of nitrogens with zero attached hydrogens (tertiary/aromatic N) is 1. The minimum atomic E-state index is -2.87. The topological polar surface area (TPSA) is 49.4 Å². The van der Waals surface area contributed by atoms with Crippen molar-refractivity contribution in [3.05, 3.63) is 0 Å². The second-order valence-corrected chi connectivity index (χ2v) is 8.88. The van der Waals surface area contributed by atoms with Crippen LogP contribution in [0.15, 0.2) is 0 Å². The van der Waals surface area contributed by atoms with Gasteiger partial charge in [-0.05, 0) is 57.7 Å². The maximum Gasteiger partial charge on any atom is 0.150 e. The van der Waals surface area contributed by atoms with E-state index >= 15 is 0 Å². The van der Waals surface area contributed by atoms with E-state index in [2.05, 4.69) is 17.1 Å². The Morgan fingerprint density at radius 3 is 2.45 bits per heavy atom. The van der Waals surface area contributed by atoms with Gasteiger partial charge >= 0.3 is 0 Å². The SMILES string of the molecule is CCN(CC1CCNCC1)C1CCCC(S(C)(=O)=O)C1. The predicted molar refractivity (Wildman–Crippen MR) is 83.7 cm³/mol. The highest BCUT2D eigenvalue weighted by Gasteiger charge is 2.32. The van der Waals surface area contributed by atoms with E-state index in [0.717, 1.165) is 51.4 Å². The largest absolute Gasteiger partial charge is 0.317 e. The molecular formula is C15H30N2O2S. The van der Waals surface area contributed by atoms with E-state index in [0.29, 0.717) is 6.04 Å². The molecule has 0 amide bonds. The van der Waals surface area contributed by atoms with Crippen LogP contribution in [0.3, 0.4) is 0 Å². The van der Waals surface area contributed by atoms with Gasteiger partial charge in [-0.2, -0.15) is 0 Å². The molecule has 4 nitrogen and oxygen atoms in total. The van der Waals surface area contributed by atoms with Crippen LogP contribution in [0, 0.1) is 5.92 Å². The molecule has 2 unspecified atom stereocenters. The normalized spacial score (nSPS) is 29.8. The van der Waals surface area contributed by atoms with Crippen molar-refractivity contribution in [3.63, 3.8) is 0 Å². The molecule has 2 atom stereocenters. The van der Waals surface area contributed by atoms with E-state index in [1.54, 1.807) is 0 Å². The van der Waals surface area contributed by atoms with Crippen molar-refractivity contribution in [2.45, 2.75) is 56.7 Å². The molecule has 0 aromatic heterocycles. The zero-order valence-corrected chi connectivity index (χ0v) is 13.8. The van der Waals surface area contributed by atoms with Crippen molar-refractivity contribution in [2.24, 2.45) is 5.92 Å². The fourth-order valence-corrected chi connectivity index (χ4v) is 4.94. The minimum absolute atomic E-state index is 0.108. The fourth-order valence-electron chi connectivity index (χ4n) is 3.77. The molecule has 1 heterocycles. The second-order valence-electron chi connectivity index (χ2n) is 6.55. The molecule has 1 saturated heterocycles. The van der Waals surface area contributed by atoms with Gasteiger partial charge in [0.15, 0.2) is 0 Å². The Labute approximate surface area is 124 Å². The lowest BCUT2D eigenvalue weighted by atomic mass is 9.91. The molecule has 118 valence electrons. The monoisotopic (exact) mass is 302 g/mol. The lowest BCUT2D eigenvalue weighted by Crippen LogP contribution is -2.45. The summed E-state index contributed by atoms with van der Waals surface area (Å²) in [4.78, 5) is 2.55. The molecule has 2 aliphatic rings. The molecular weight excluding hydrogens is 272 g/mol. The van der Waals surface area contributed by atoms with Gasteiger partial charge in [-0.1, -0.05) is 13.3 Å². The van der Waals surface area contributed by atoms with Gasteiger partial charge in [-0.25, -0.2) is 8.42 Å². The third-order valence-corrected chi connectivity index (χ3v) is 6.72. The third kappa shape index (κ3) is 4.43. The van der Waals surface area contributed by atoms with E-state index in [1.165, 1.54) is 25.5 Å². The van der Waals surface area contributed by atoms with Crippen LogP contribution in [0.25, 0.3) is 0 Å². The van der Waals surface area contributed by atoms with Gasteiger partial charge in [0.2, 0.25) is 0 Å². The molecule has 0 aromatic rings. The van der Waals surface area contributed by atoms with Crippen molar-refractivity contribution < 1.29 is 8.42 Å². The van der Waals surface area contributed by atoms with Gasteiger partial charge < -0.3 is 10.2 Å². The molecule has 0 bridgehead atoms. The molecule has 0 spiro atoms. The third-order valence-electron chi connectivity index (χ3n) is 5.08. The summed E-state index contributed by atoms with van der Waals surface area (Å²) in [7, 11) is -2.87. The molecule has 1 aliphatic carbocycles. The van der Waals surface area contributed by atoms with Gasteiger partial charge in [0, 0.05) is 18.8 Å². The summed E-state index contributed by atoms with van der Waals surface area (Å²) >= 11 is 0. The van der Waals surface area contributed by atoms with Crippen LogP contribution in [0.2, 0.25) is 0 Å². The molecule has 20 heavy (non-hydrogen) atoms. The average molecular weight is 302 g/mol. The Bertz CT molecular complexity index is 391. The number of nitrogens with one attached hydrogen (secondary N) is 1. The van der Waals surface area contributed by atoms with E-state index in [1.807, 2.05) is 0 Å². The predicted octanol–water partition coefficient (Wildman–Crippen LogP) is 1.66. The first-order chi connectivity index (χ1) is 9.50. The first kappa shape index (κ1) is 16.2. The lowest BCUT2D eigenvalue weighted by molar-refractivity contribution is 0.130. The first-order valence-corrected chi connectivity index (χ1v) is 10.1.